The first-order chi connectivity index (χ1) is 5.63. The second-order valence-electron chi connectivity index (χ2n) is 1.65. The molecule has 0 spiro atoms. The van der Waals surface area contributed by atoms with E-state index in [1.807, 2.05) is 12.1 Å². The van der Waals surface area contributed by atoms with Gasteiger partial charge in [-0.1, -0.05) is 0 Å². The Balaban J connectivity index is 0. The van der Waals surface area contributed by atoms with Crippen molar-refractivity contribution in [3.63, 3.8) is 0 Å². The zero-order valence-corrected chi connectivity index (χ0v) is 6.39. The zero-order chi connectivity index (χ0) is 9.40. The molecule has 1 heterocycles. The maximum Gasteiger partial charge on any atom is 0.0902 e. The number of carbonyl (C=O) groups is 2. The molecule has 0 fully saturated rings. The molecule has 0 atom stereocenters. The molecule has 0 saturated heterocycles. The summed E-state index contributed by atoms with van der Waals surface area (Å²) in [6.45, 7) is 1.02. The third kappa shape index (κ3) is 14.7. The van der Waals surface area contributed by atoms with E-state index in [1.165, 1.54) is 0 Å². The minimum absolute atomic E-state index is 0. The molecular weight excluding hydrogens is 203 g/mol. The Morgan fingerprint density at radius 3 is 1.85 bits per heavy atom. The van der Waals surface area contributed by atoms with Crippen LogP contribution < -0.4 is 0 Å². The maximum atomic E-state index is 9.65. The number of esters is 1. The Labute approximate surface area is 117 Å². The van der Waals surface area contributed by atoms with Gasteiger partial charge in [0.2, 0.25) is 0 Å². The molecule has 0 radical (unpaired) electrons. The summed E-state index contributed by atoms with van der Waals surface area (Å²) in [5.41, 5.74) is 0. The third-order valence-electron chi connectivity index (χ3n) is 0.656. The molecule has 68 valence electrons. The molecule has 6 heteroatoms. The van der Waals surface area contributed by atoms with Crippen molar-refractivity contribution in [2.45, 2.75) is 6.92 Å². The quantitative estimate of drug-likeness (QED) is 0.392. The summed E-state index contributed by atoms with van der Waals surface area (Å²) in [6.07, 6.45) is 1.69. The van der Waals surface area contributed by atoms with Gasteiger partial charge in [0.25, 0.3) is 0 Å². The molecule has 1 rings (SSSR count). The molecule has 0 saturated carbocycles. The fraction of sp³-hybridized carbons (Fsp3) is 0.143. The van der Waals surface area contributed by atoms with Gasteiger partial charge in [-0.2, -0.15) is 0 Å². The molecule has 0 aliphatic carbocycles. The maximum absolute atomic E-state index is 9.65. The van der Waals surface area contributed by atoms with Gasteiger partial charge < -0.3 is 14.3 Å². The van der Waals surface area contributed by atoms with Crippen molar-refractivity contribution in [2.75, 3.05) is 0 Å². The van der Waals surface area contributed by atoms with E-state index in [4.69, 9.17) is 5.11 Å². The van der Waals surface area contributed by atoms with E-state index in [-0.39, 0.29) is 51.4 Å². The van der Waals surface area contributed by atoms with Crippen LogP contribution >= 0.6 is 0 Å². The van der Waals surface area contributed by atoms with E-state index >= 15 is 0 Å². The van der Waals surface area contributed by atoms with Crippen LogP contribution in [0.3, 0.4) is 0 Å². The van der Waals surface area contributed by atoms with Gasteiger partial charge in [0, 0.05) is 6.92 Å². The summed E-state index contributed by atoms with van der Waals surface area (Å²) in [7, 11) is 0. The molecule has 0 bridgehead atoms. The number of carbonyl (C=O) groups excluding carboxylic acids is 1. The van der Waals surface area contributed by atoms with Gasteiger partial charge in [0.05, 0.1) is 12.5 Å². The van der Waals surface area contributed by atoms with Gasteiger partial charge in [-0.05, 0) is 12.1 Å². The van der Waals surface area contributed by atoms with Gasteiger partial charge >= 0.3 is 63.5 Å². The number of ether oxygens (including phenoxy) is 1. The topological polar surface area (TPSA) is 76.7 Å². The van der Waals surface area contributed by atoms with Crippen LogP contribution in [0.4, 0.5) is 4.79 Å². The molecule has 0 aromatic carbocycles. The molecule has 0 aliphatic rings. The van der Waals surface area contributed by atoms with E-state index in [1.54, 1.807) is 12.5 Å². The smallest absolute Gasteiger partial charge is 0.0902 e. The van der Waals surface area contributed by atoms with Crippen LogP contribution in [0.1, 0.15) is 6.92 Å². The largest absolute Gasteiger partial charge is 0.473 e. The van der Waals surface area contributed by atoms with Crippen molar-refractivity contribution in [3.8, 4) is 0 Å². The van der Waals surface area contributed by atoms with Gasteiger partial charge in [-0.3, -0.25) is 4.79 Å². The molecular formula is C7H9KO5. The summed E-state index contributed by atoms with van der Waals surface area (Å²) in [6, 6.07) is 3.67. The minimum atomic E-state index is -1.56. The van der Waals surface area contributed by atoms with Gasteiger partial charge in [0.15, 0.2) is 0 Å². The predicted octanol–water partition coefficient (Wildman–Crippen LogP) is 0.859. The van der Waals surface area contributed by atoms with E-state index in [9.17, 15) is 9.59 Å². The Hall–Kier alpha value is -0.144. The zero-order valence-electron chi connectivity index (χ0n) is 6.39. The standard InChI is InChI=1S/C4H4O.C3H4O4.K.H/c1-2-4-5-3-1;1-2(4)7-3(5)6;;/h1-4H;1H3,(H,5,6);;. The predicted molar refractivity (Wildman–Crippen MR) is 45.6 cm³/mol. The van der Waals surface area contributed by atoms with Crippen LogP contribution in [-0.2, 0) is 9.53 Å². The van der Waals surface area contributed by atoms with E-state index in [0.717, 1.165) is 6.92 Å². The van der Waals surface area contributed by atoms with Gasteiger partial charge in [0.1, 0.15) is 0 Å². The summed E-state index contributed by atoms with van der Waals surface area (Å²) in [5.74, 6) is -0.812. The van der Waals surface area contributed by atoms with Crippen LogP contribution in [0.15, 0.2) is 29.1 Å². The van der Waals surface area contributed by atoms with Crippen molar-refractivity contribution in [3.05, 3.63) is 24.7 Å². The molecule has 0 amide bonds. The molecule has 1 aromatic rings. The van der Waals surface area contributed by atoms with Crippen molar-refractivity contribution in [1.82, 2.24) is 0 Å². The van der Waals surface area contributed by atoms with Crippen molar-refractivity contribution in [2.24, 2.45) is 0 Å². The van der Waals surface area contributed by atoms with Gasteiger partial charge in [-0.15, -0.1) is 0 Å². The summed E-state index contributed by atoms with van der Waals surface area (Å²) >= 11 is 0. The number of furan rings is 1. The fourth-order valence-electron chi connectivity index (χ4n) is 0.350. The molecule has 1 N–H and O–H groups in total. The summed E-state index contributed by atoms with van der Waals surface area (Å²) in [5, 5.41) is 7.64. The Kier molecular flexibility index (Phi) is 11.7. The molecule has 0 unspecified atom stereocenters. The molecule has 5 nitrogen and oxygen atoms in total. The first-order valence-corrected chi connectivity index (χ1v) is 3.01. The second-order valence-corrected chi connectivity index (χ2v) is 1.65. The fourth-order valence-corrected chi connectivity index (χ4v) is 0.350. The second kappa shape index (κ2) is 9.94. The van der Waals surface area contributed by atoms with E-state index in [2.05, 4.69) is 9.15 Å². The van der Waals surface area contributed by atoms with E-state index in [0.29, 0.717) is 0 Å². The van der Waals surface area contributed by atoms with Crippen LogP contribution in [-0.4, -0.2) is 68.6 Å². The van der Waals surface area contributed by atoms with E-state index < -0.39 is 12.1 Å². The SMILES string of the molecule is CC(=O)OC(=O)O.[KH].c1ccoc1. The van der Waals surface area contributed by atoms with Crippen LogP contribution in [0, 0.1) is 0 Å². The van der Waals surface area contributed by atoms with Crippen molar-refractivity contribution in [1.29, 1.82) is 0 Å². The monoisotopic (exact) mass is 212 g/mol. The third-order valence-corrected chi connectivity index (χ3v) is 0.656. The van der Waals surface area contributed by atoms with Crippen LogP contribution in [0.5, 0.6) is 0 Å². The number of hydrogen-bond acceptors (Lipinski definition) is 4. The average Bonchev–Trinajstić information content (AvgIpc) is 2.36. The average molecular weight is 212 g/mol. The first-order valence-electron chi connectivity index (χ1n) is 3.01. The molecule has 13 heavy (non-hydrogen) atoms. The summed E-state index contributed by atoms with van der Waals surface area (Å²) in [4.78, 5) is 19.0. The van der Waals surface area contributed by atoms with Crippen molar-refractivity contribution >= 4 is 63.5 Å². The number of rotatable bonds is 0. The Bertz CT molecular complexity index is 202. The van der Waals surface area contributed by atoms with Gasteiger partial charge in [-0.25, -0.2) is 4.79 Å². The number of hydrogen-bond donors (Lipinski definition) is 1. The van der Waals surface area contributed by atoms with Crippen LogP contribution in [0.2, 0.25) is 0 Å². The van der Waals surface area contributed by atoms with Crippen LogP contribution in [0.25, 0.3) is 0 Å². The summed E-state index contributed by atoms with van der Waals surface area (Å²) < 4.78 is 8.11. The number of carboxylic acid groups (broad SMARTS) is 1. The normalized spacial score (nSPS) is 7.15. The molecule has 0 aliphatic heterocycles. The minimum Gasteiger partial charge on any atom is -0.473 e. The van der Waals surface area contributed by atoms with Crippen molar-refractivity contribution < 1.29 is 23.8 Å². The first kappa shape index (κ1) is 15.3. The Morgan fingerprint density at radius 2 is 1.77 bits per heavy atom. The molecule has 1 aromatic heterocycles. The Morgan fingerprint density at radius 1 is 1.31 bits per heavy atom.